The third-order valence-electron chi connectivity index (χ3n) is 4.13. The first-order valence-corrected chi connectivity index (χ1v) is 10.2. The van der Waals surface area contributed by atoms with Crippen molar-refractivity contribution in [3.63, 3.8) is 0 Å². The van der Waals surface area contributed by atoms with Crippen molar-refractivity contribution in [1.82, 2.24) is 25.1 Å². The Labute approximate surface area is 164 Å². The summed E-state index contributed by atoms with van der Waals surface area (Å²) < 4.78 is 1.55. The Morgan fingerprint density at radius 2 is 1.85 bits per heavy atom. The zero-order chi connectivity index (χ0) is 18.5. The van der Waals surface area contributed by atoms with Crippen molar-refractivity contribution in [2.24, 2.45) is 0 Å². The standard InChI is InChI=1S/C19H17N5OS2/c25-19(15-4-1-5-16(12-15)24-14-20-21-22-24)23(13-18-7-3-11-27-18)9-8-17-6-2-10-26-17/h1-7,10-12,14H,8-9,13H2. The van der Waals surface area contributed by atoms with E-state index in [1.807, 2.05) is 46.7 Å². The first-order valence-electron chi connectivity index (χ1n) is 8.47. The van der Waals surface area contributed by atoms with Gasteiger partial charge in [0.25, 0.3) is 5.91 Å². The van der Waals surface area contributed by atoms with Crippen molar-refractivity contribution in [3.8, 4) is 5.69 Å². The van der Waals surface area contributed by atoms with Crippen LogP contribution in [0, 0.1) is 0 Å². The maximum atomic E-state index is 13.2. The van der Waals surface area contributed by atoms with Crippen LogP contribution in [0.1, 0.15) is 20.1 Å². The molecule has 6 nitrogen and oxygen atoms in total. The zero-order valence-corrected chi connectivity index (χ0v) is 16.1. The lowest BCUT2D eigenvalue weighted by molar-refractivity contribution is 0.0747. The fourth-order valence-corrected chi connectivity index (χ4v) is 4.20. The highest BCUT2D eigenvalue weighted by Gasteiger charge is 2.17. The average molecular weight is 396 g/mol. The SMILES string of the molecule is O=C(c1cccc(-n2cnnn2)c1)N(CCc1cccs1)Cc1cccs1. The number of carbonyl (C=O) groups is 1. The van der Waals surface area contributed by atoms with E-state index in [2.05, 4.69) is 33.0 Å². The molecule has 0 aliphatic heterocycles. The minimum absolute atomic E-state index is 0.00915. The lowest BCUT2D eigenvalue weighted by Gasteiger charge is -2.22. The molecule has 0 spiro atoms. The fraction of sp³-hybridized carbons (Fsp3) is 0.158. The number of carbonyl (C=O) groups excluding carboxylic acids is 1. The second-order valence-electron chi connectivity index (χ2n) is 5.94. The van der Waals surface area contributed by atoms with E-state index in [1.54, 1.807) is 27.4 Å². The Kier molecular flexibility index (Phi) is 5.36. The highest BCUT2D eigenvalue weighted by molar-refractivity contribution is 7.10. The number of benzene rings is 1. The minimum Gasteiger partial charge on any atom is -0.333 e. The Bertz CT molecular complexity index is 981. The summed E-state index contributed by atoms with van der Waals surface area (Å²) >= 11 is 3.39. The molecule has 3 aromatic heterocycles. The van der Waals surface area contributed by atoms with Crippen molar-refractivity contribution in [2.45, 2.75) is 13.0 Å². The molecule has 4 rings (SSSR count). The van der Waals surface area contributed by atoms with Gasteiger partial charge in [-0.1, -0.05) is 18.2 Å². The Morgan fingerprint density at radius 1 is 1.04 bits per heavy atom. The summed E-state index contributed by atoms with van der Waals surface area (Å²) in [5.41, 5.74) is 1.39. The van der Waals surface area contributed by atoms with Crippen LogP contribution in [0.15, 0.2) is 65.6 Å². The monoisotopic (exact) mass is 395 g/mol. The van der Waals surface area contributed by atoms with Crippen molar-refractivity contribution >= 4 is 28.6 Å². The maximum absolute atomic E-state index is 13.2. The summed E-state index contributed by atoms with van der Waals surface area (Å²) in [5, 5.41) is 15.3. The number of hydrogen-bond acceptors (Lipinski definition) is 6. The van der Waals surface area contributed by atoms with E-state index in [-0.39, 0.29) is 5.91 Å². The molecule has 0 aliphatic rings. The lowest BCUT2D eigenvalue weighted by atomic mass is 10.1. The van der Waals surface area contributed by atoms with E-state index in [4.69, 9.17) is 0 Å². The number of rotatable bonds is 7. The number of amides is 1. The van der Waals surface area contributed by atoms with Crippen LogP contribution in [-0.4, -0.2) is 37.6 Å². The fourth-order valence-electron chi connectivity index (χ4n) is 2.79. The summed E-state index contributed by atoms with van der Waals surface area (Å²) in [6.07, 6.45) is 2.37. The average Bonchev–Trinajstić information content (AvgIpc) is 3.48. The molecule has 136 valence electrons. The van der Waals surface area contributed by atoms with Crippen LogP contribution in [0.2, 0.25) is 0 Å². The van der Waals surface area contributed by atoms with E-state index in [0.29, 0.717) is 18.7 Å². The quantitative estimate of drug-likeness (QED) is 0.479. The van der Waals surface area contributed by atoms with E-state index < -0.39 is 0 Å². The van der Waals surface area contributed by atoms with Crippen LogP contribution >= 0.6 is 22.7 Å². The van der Waals surface area contributed by atoms with Gasteiger partial charge in [0, 0.05) is 21.9 Å². The normalized spacial score (nSPS) is 10.8. The molecule has 0 aliphatic carbocycles. The topological polar surface area (TPSA) is 63.9 Å². The van der Waals surface area contributed by atoms with Gasteiger partial charge in [-0.25, -0.2) is 4.68 Å². The Morgan fingerprint density at radius 3 is 2.56 bits per heavy atom. The molecule has 0 atom stereocenters. The van der Waals surface area contributed by atoms with Gasteiger partial charge in [-0.15, -0.1) is 27.8 Å². The van der Waals surface area contributed by atoms with Gasteiger partial charge >= 0.3 is 0 Å². The molecule has 0 saturated heterocycles. The van der Waals surface area contributed by atoms with Crippen molar-refractivity contribution in [2.75, 3.05) is 6.54 Å². The highest BCUT2D eigenvalue weighted by atomic mass is 32.1. The zero-order valence-electron chi connectivity index (χ0n) is 14.4. The van der Waals surface area contributed by atoms with Gasteiger partial charge in [0.2, 0.25) is 0 Å². The molecule has 4 aromatic rings. The van der Waals surface area contributed by atoms with Crippen LogP contribution in [0.25, 0.3) is 5.69 Å². The van der Waals surface area contributed by atoms with Gasteiger partial charge in [-0.3, -0.25) is 4.79 Å². The van der Waals surface area contributed by atoms with E-state index in [1.165, 1.54) is 16.1 Å². The lowest BCUT2D eigenvalue weighted by Crippen LogP contribution is -2.32. The number of hydrogen-bond donors (Lipinski definition) is 0. The number of aromatic nitrogens is 4. The molecular formula is C19H17N5OS2. The summed E-state index contributed by atoms with van der Waals surface area (Å²) in [4.78, 5) is 17.6. The minimum atomic E-state index is 0.00915. The number of thiophene rings is 2. The Hall–Kier alpha value is -2.84. The maximum Gasteiger partial charge on any atom is 0.254 e. The predicted molar refractivity (Wildman–Crippen MR) is 106 cm³/mol. The van der Waals surface area contributed by atoms with Gasteiger partial charge in [0.05, 0.1) is 12.2 Å². The molecule has 0 bridgehead atoms. The van der Waals surface area contributed by atoms with Gasteiger partial charge in [0.1, 0.15) is 6.33 Å². The molecule has 1 aromatic carbocycles. The van der Waals surface area contributed by atoms with Crippen LogP contribution in [0.3, 0.4) is 0 Å². The van der Waals surface area contributed by atoms with Crippen LogP contribution in [-0.2, 0) is 13.0 Å². The van der Waals surface area contributed by atoms with Gasteiger partial charge < -0.3 is 4.90 Å². The predicted octanol–water partition coefficient (Wildman–Crippen LogP) is 3.67. The summed E-state index contributed by atoms with van der Waals surface area (Å²) in [7, 11) is 0. The first kappa shape index (κ1) is 17.6. The van der Waals surface area contributed by atoms with Crippen LogP contribution in [0.4, 0.5) is 0 Å². The second kappa shape index (κ2) is 8.24. The number of tetrazole rings is 1. The van der Waals surface area contributed by atoms with E-state index in [9.17, 15) is 4.79 Å². The third-order valence-corrected chi connectivity index (χ3v) is 5.93. The molecule has 8 heteroatoms. The van der Waals surface area contributed by atoms with E-state index in [0.717, 1.165) is 12.1 Å². The summed E-state index contributed by atoms with van der Waals surface area (Å²) in [6.45, 7) is 1.28. The van der Waals surface area contributed by atoms with Crippen molar-refractivity contribution < 1.29 is 4.79 Å². The van der Waals surface area contributed by atoms with E-state index >= 15 is 0 Å². The Balaban J connectivity index is 1.56. The van der Waals surface area contributed by atoms with Crippen molar-refractivity contribution in [1.29, 1.82) is 0 Å². The molecule has 3 heterocycles. The highest BCUT2D eigenvalue weighted by Crippen LogP contribution is 2.18. The number of nitrogens with zero attached hydrogens (tertiary/aromatic N) is 5. The molecule has 1 amide bonds. The van der Waals surface area contributed by atoms with Crippen molar-refractivity contribution in [3.05, 3.63) is 80.9 Å². The molecule has 0 saturated carbocycles. The van der Waals surface area contributed by atoms with Gasteiger partial charge in [-0.2, -0.15) is 0 Å². The first-order chi connectivity index (χ1) is 13.3. The van der Waals surface area contributed by atoms with Crippen LogP contribution < -0.4 is 0 Å². The molecule has 0 N–H and O–H groups in total. The molecule has 0 radical (unpaired) electrons. The van der Waals surface area contributed by atoms with Crippen LogP contribution in [0.5, 0.6) is 0 Å². The second-order valence-corrected chi connectivity index (χ2v) is 8.00. The van der Waals surface area contributed by atoms with Gasteiger partial charge in [0.15, 0.2) is 0 Å². The molecule has 0 unspecified atom stereocenters. The third kappa shape index (κ3) is 4.29. The largest absolute Gasteiger partial charge is 0.333 e. The van der Waals surface area contributed by atoms with Gasteiger partial charge in [-0.05, 0) is 57.9 Å². The molecule has 0 fully saturated rings. The molecular weight excluding hydrogens is 378 g/mol. The smallest absolute Gasteiger partial charge is 0.254 e. The summed E-state index contributed by atoms with van der Waals surface area (Å²) in [5.74, 6) is 0.00915. The molecule has 27 heavy (non-hydrogen) atoms. The summed E-state index contributed by atoms with van der Waals surface area (Å²) in [6, 6.07) is 15.6.